The van der Waals surface area contributed by atoms with E-state index in [0.717, 1.165) is 30.2 Å². The standard InChI is InChI=1S/C27H39N3O5S/c1-6-7-17-28-27(32)22(3)29(20-23-13-10-12-21(2)19-23)26(31)16-11-18-30(36(5,33)34)24-14-8-9-15-25(24)35-4/h8-10,12-15,19,22H,6-7,11,16-18,20H2,1-5H3,(H,28,32)/t22-/m1/s1. The van der Waals surface area contributed by atoms with Gasteiger partial charge in [0, 0.05) is 26.1 Å². The van der Waals surface area contributed by atoms with Crippen LogP contribution >= 0.6 is 0 Å². The minimum absolute atomic E-state index is 0.0968. The van der Waals surface area contributed by atoms with Gasteiger partial charge in [0.2, 0.25) is 21.8 Å². The number of benzene rings is 2. The summed E-state index contributed by atoms with van der Waals surface area (Å²) in [5.41, 5.74) is 2.43. The molecule has 2 amide bonds. The lowest BCUT2D eigenvalue weighted by atomic mass is 10.1. The van der Waals surface area contributed by atoms with Crippen LogP contribution in [-0.2, 0) is 26.2 Å². The van der Waals surface area contributed by atoms with Gasteiger partial charge >= 0.3 is 0 Å². The predicted molar refractivity (Wildman–Crippen MR) is 144 cm³/mol. The second-order valence-electron chi connectivity index (χ2n) is 8.94. The van der Waals surface area contributed by atoms with Gasteiger partial charge in [-0.1, -0.05) is 55.3 Å². The van der Waals surface area contributed by atoms with E-state index in [2.05, 4.69) is 5.32 Å². The zero-order valence-electron chi connectivity index (χ0n) is 22.0. The van der Waals surface area contributed by atoms with Crippen LogP contribution in [0, 0.1) is 6.92 Å². The van der Waals surface area contributed by atoms with Crippen molar-refractivity contribution in [2.45, 2.75) is 59.0 Å². The lowest BCUT2D eigenvalue weighted by Gasteiger charge is -2.29. The van der Waals surface area contributed by atoms with Gasteiger partial charge < -0.3 is 15.0 Å². The molecule has 2 rings (SSSR count). The summed E-state index contributed by atoms with van der Waals surface area (Å²) in [4.78, 5) is 27.7. The maximum Gasteiger partial charge on any atom is 0.242 e. The van der Waals surface area contributed by atoms with Crippen molar-refractivity contribution in [3.63, 3.8) is 0 Å². The Morgan fingerprint density at radius 3 is 2.44 bits per heavy atom. The van der Waals surface area contributed by atoms with Gasteiger partial charge in [0.1, 0.15) is 11.8 Å². The fourth-order valence-electron chi connectivity index (χ4n) is 3.94. The number of carbonyl (C=O) groups excluding carboxylic acids is 2. The van der Waals surface area contributed by atoms with Crippen LogP contribution in [0.4, 0.5) is 5.69 Å². The Morgan fingerprint density at radius 2 is 1.81 bits per heavy atom. The average molecular weight is 518 g/mol. The summed E-state index contributed by atoms with van der Waals surface area (Å²) in [6.07, 6.45) is 3.35. The number of nitrogens with one attached hydrogen (secondary N) is 1. The molecular weight excluding hydrogens is 478 g/mol. The summed E-state index contributed by atoms with van der Waals surface area (Å²) in [6.45, 7) is 6.73. The van der Waals surface area contributed by atoms with Crippen molar-refractivity contribution in [1.29, 1.82) is 0 Å². The molecule has 2 aromatic carbocycles. The number of methoxy groups -OCH3 is 1. The number of unbranched alkanes of at least 4 members (excludes halogenated alkanes) is 1. The molecule has 9 heteroatoms. The van der Waals surface area contributed by atoms with Crippen molar-refractivity contribution in [2.24, 2.45) is 0 Å². The smallest absolute Gasteiger partial charge is 0.242 e. The number of amides is 2. The van der Waals surface area contributed by atoms with E-state index in [1.165, 1.54) is 11.4 Å². The third-order valence-corrected chi connectivity index (χ3v) is 7.12. The first kappa shape index (κ1) is 29.2. The molecule has 1 N–H and O–H groups in total. The second-order valence-corrected chi connectivity index (χ2v) is 10.8. The largest absolute Gasteiger partial charge is 0.495 e. The van der Waals surface area contributed by atoms with Gasteiger partial charge in [-0.15, -0.1) is 0 Å². The van der Waals surface area contributed by atoms with Crippen LogP contribution < -0.4 is 14.4 Å². The maximum absolute atomic E-state index is 13.4. The molecule has 0 heterocycles. The van der Waals surface area contributed by atoms with Gasteiger partial charge in [-0.2, -0.15) is 0 Å². The summed E-state index contributed by atoms with van der Waals surface area (Å²) in [7, 11) is -2.12. The average Bonchev–Trinajstić information content (AvgIpc) is 2.84. The number of sulfonamides is 1. The minimum atomic E-state index is -3.60. The third-order valence-electron chi connectivity index (χ3n) is 5.94. The highest BCUT2D eigenvalue weighted by molar-refractivity contribution is 7.92. The molecule has 1 atom stereocenters. The van der Waals surface area contributed by atoms with Crippen LogP contribution in [0.25, 0.3) is 0 Å². The van der Waals surface area contributed by atoms with Gasteiger partial charge in [-0.25, -0.2) is 8.42 Å². The molecule has 0 saturated carbocycles. The minimum Gasteiger partial charge on any atom is -0.495 e. The van der Waals surface area contributed by atoms with E-state index in [1.807, 2.05) is 38.1 Å². The van der Waals surface area contributed by atoms with Crippen LogP contribution in [-0.4, -0.2) is 57.6 Å². The van der Waals surface area contributed by atoms with E-state index in [-0.39, 0.29) is 24.8 Å². The Kier molecular flexibility index (Phi) is 11.2. The Morgan fingerprint density at radius 1 is 1.08 bits per heavy atom. The molecule has 0 fully saturated rings. The molecule has 0 spiro atoms. The zero-order chi connectivity index (χ0) is 26.7. The van der Waals surface area contributed by atoms with Gasteiger partial charge in [0.05, 0.1) is 19.1 Å². The number of anilines is 1. The highest BCUT2D eigenvalue weighted by Crippen LogP contribution is 2.29. The lowest BCUT2D eigenvalue weighted by Crippen LogP contribution is -2.48. The Labute approximate surface area is 215 Å². The maximum atomic E-state index is 13.4. The number of rotatable bonds is 14. The van der Waals surface area contributed by atoms with Crippen molar-refractivity contribution < 1.29 is 22.7 Å². The number of nitrogens with zero attached hydrogens (tertiary/aromatic N) is 2. The Balaban J connectivity index is 2.17. The number of aryl methyl sites for hydroxylation is 1. The summed E-state index contributed by atoms with van der Waals surface area (Å²) in [6, 6.07) is 14.1. The SMILES string of the molecule is CCCCNC(=O)[C@@H](C)N(Cc1cccc(C)c1)C(=O)CCCN(c1ccccc1OC)S(C)(=O)=O. The normalized spacial score (nSPS) is 12.0. The van der Waals surface area contributed by atoms with E-state index >= 15 is 0 Å². The predicted octanol–water partition coefficient (Wildman–Crippen LogP) is 3.88. The number of hydrogen-bond acceptors (Lipinski definition) is 5. The van der Waals surface area contributed by atoms with Crippen molar-refractivity contribution in [3.8, 4) is 5.75 Å². The molecule has 0 aliphatic heterocycles. The van der Waals surface area contributed by atoms with Gasteiger partial charge in [-0.05, 0) is 44.4 Å². The molecule has 198 valence electrons. The molecule has 0 saturated heterocycles. The first-order valence-corrected chi connectivity index (χ1v) is 14.2. The molecule has 0 aliphatic rings. The molecule has 0 bridgehead atoms. The van der Waals surface area contributed by atoms with E-state index < -0.39 is 16.1 Å². The molecule has 0 aromatic heterocycles. The van der Waals surface area contributed by atoms with Crippen molar-refractivity contribution >= 4 is 27.5 Å². The van der Waals surface area contributed by atoms with Crippen LogP contribution in [0.2, 0.25) is 0 Å². The molecular formula is C27H39N3O5S. The van der Waals surface area contributed by atoms with E-state index in [4.69, 9.17) is 4.74 Å². The monoisotopic (exact) mass is 517 g/mol. The first-order valence-electron chi connectivity index (χ1n) is 12.3. The fourth-order valence-corrected chi connectivity index (χ4v) is 4.91. The van der Waals surface area contributed by atoms with Crippen LogP contribution in [0.1, 0.15) is 50.7 Å². The number of carbonyl (C=O) groups is 2. The van der Waals surface area contributed by atoms with Gasteiger partial charge in [0.15, 0.2) is 0 Å². The molecule has 36 heavy (non-hydrogen) atoms. The topological polar surface area (TPSA) is 96.0 Å². The van der Waals surface area contributed by atoms with Gasteiger partial charge in [-0.3, -0.25) is 13.9 Å². The molecule has 0 unspecified atom stereocenters. The van der Waals surface area contributed by atoms with Crippen molar-refractivity contribution in [2.75, 3.05) is 30.8 Å². The van der Waals surface area contributed by atoms with Crippen molar-refractivity contribution in [3.05, 3.63) is 59.7 Å². The molecule has 2 aromatic rings. The summed E-state index contributed by atoms with van der Waals surface area (Å²) in [5.74, 6) is 0.0343. The van der Waals surface area contributed by atoms with Crippen LogP contribution in [0.5, 0.6) is 5.75 Å². The summed E-state index contributed by atoms with van der Waals surface area (Å²) >= 11 is 0. The highest BCUT2D eigenvalue weighted by atomic mass is 32.2. The van der Waals surface area contributed by atoms with Crippen molar-refractivity contribution in [1.82, 2.24) is 10.2 Å². The summed E-state index contributed by atoms with van der Waals surface area (Å²) < 4.78 is 31.6. The van der Waals surface area contributed by atoms with Gasteiger partial charge in [0.25, 0.3) is 0 Å². The second kappa shape index (κ2) is 13.9. The number of ether oxygens (including phenoxy) is 1. The highest BCUT2D eigenvalue weighted by Gasteiger charge is 2.27. The van der Waals surface area contributed by atoms with Crippen LogP contribution in [0.15, 0.2) is 48.5 Å². The van der Waals surface area contributed by atoms with E-state index in [1.54, 1.807) is 36.1 Å². The first-order chi connectivity index (χ1) is 17.1. The van der Waals surface area contributed by atoms with E-state index in [0.29, 0.717) is 30.9 Å². The molecule has 0 radical (unpaired) electrons. The summed E-state index contributed by atoms with van der Waals surface area (Å²) in [5, 5.41) is 2.91. The molecule has 0 aliphatic carbocycles. The molecule has 8 nitrogen and oxygen atoms in total. The van der Waals surface area contributed by atoms with E-state index in [9.17, 15) is 18.0 Å². The fraction of sp³-hybridized carbons (Fsp3) is 0.481. The number of para-hydroxylation sites is 2. The number of hydrogen-bond donors (Lipinski definition) is 1. The Bertz CT molecular complexity index is 1120. The quantitative estimate of drug-likeness (QED) is 0.384. The Hall–Kier alpha value is -3.07. The lowest BCUT2D eigenvalue weighted by molar-refractivity contribution is -0.140. The third kappa shape index (κ3) is 8.55. The van der Waals surface area contributed by atoms with Crippen LogP contribution in [0.3, 0.4) is 0 Å². The zero-order valence-corrected chi connectivity index (χ0v) is 22.8.